The molecule has 0 aromatic heterocycles. The van der Waals surface area contributed by atoms with E-state index in [-0.39, 0.29) is 11.9 Å². The smallest absolute Gasteiger partial charge is 0.346 e. The molecule has 18 heavy (non-hydrogen) atoms. The highest BCUT2D eigenvalue weighted by Gasteiger charge is 2.34. The number of urea groups is 1. The lowest BCUT2D eigenvalue weighted by atomic mass is 10.1. The molecule has 1 heterocycles. The number of amidine groups is 1. The van der Waals surface area contributed by atoms with E-state index in [0.717, 1.165) is 10.0 Å². The van der Waals surface area contributed by atoms with Gasteiger partial charge in [0, 0.05) is 16.0 Å². The van der Waals surface area contributed by atoms with Crippen molar-refractivity contribution in [2.24, 2.45) is 10.7 Å². The highest BCUT2D eigenvalue weighted by atomic mass is 79.9. The number of aliphatic imine (C=N–C) groups is 1. The molecular weight excluding hydrogens is 318 g/mol. The van der Waals surface area contributed by atoms with E-state index in [0.29, 0.717) is 11.6 Å². The molecule has 1 aromatic rings. The van der Waals surface area contributed by atoms with Crippen LogP contribution in [0.25, 0.3) is 0 Å². The first-order valence-corrected chi connectivity index (χ1v) is 6.42. The van der Waals surface area contributed by atoms with Crippen LogP contribution in [0.1, 0.15) is 11.6 Å². The van der Waals surface area contributed by atoms with E-state index in [2.05, 4.69) is 27.5 Å². The van der Waals surface area contributed by atoms with Gasteiger partial charge in [-0.15, -0.1) is 6.58 Å². The standard InChI is InChI=1S/C12H11BrClN3O/c1-2-5-17-10(11(15)16-12(17)18)8-6-7(14)3-4-9(8)13/h2-4,6,10H,1,5H2,(H2,15,16,18). The van der Waals surface area contributed by atoms with Gasteiger partial charge in [0.1, 0.15) is 11.9 Å². The van der Waals surface area contributed by atoms with Crippen molar-refractivity contribution in [2.75, 3.05) is 6.54 Å². The third kappa shape index (κ3) is 2.28. The molecule has 1 aromatic carbocycles. The van der Waals surface area contributed by atoms with E-state index >= 15 is 0 Å². The summed E-state index contributed by atoms with van der Waals surface area (Å²) in [6.45, 7) is 4.01. The quantitative estimate of drug-likeness (QED) is 0.867. The first kappa shape index (κ1) is 13.1. The number of halogens is 2. The molecule has 2 amide bonds. The summed E-state index contributed by atoms with van der Waals surface area (Å²) in [5.41, 5.74) is 6.65. The summed E-state index contributed by atoms with van der Waals surface area (Å²) in [7, 11) is 0. The zero-order valence-corrected chi connectivity index (χ0v) is 11.8. The van der Waals surface area contributed by atoms with Crippen LogP contribution in [0, 0.1) is 0 Å². The molecule has 0 saturated heterocycles. The lowest BCUT2D eigenvalue weighted by molar-refractivity contribution is 0.212. The van der Waals surface area contributed by atoms with Crippen LogP contribution in [-0.4, -0.2) is 23.3 Å². The van der Waals surface area contributed by atoms with Crippen molar-refractivity contribution in [3.63, 3.8) is 0 Å². The Morgan fingerprint density at radius 2 is 2.33 bits per heavy atom. The number of rotatable bonds is 3. The predicted molar refractivity (Wildman–Crippen MR) is 75.8 cm³/mol. The summed E-state index contributed by atoms with van der Waals surface area (Å²) in [6.07, 6.45) is 1.64. The molecule has 4 nitrogen and oxygen atoms in total. The lowest BCUT2D eigenvalue weighted by Crippen LogP contribution is -2.33. The summed E-state index contributed by atoms with van der Waals surface area (Å²) in [4.78, 5) is 17.0. The third-order valence-corrected chi connectivity index (χ3v) is 3.60. The van der Waals surface area contributed by atoms with Crippen LogP contribution < -0.4 is 5.73 Å². The number of nitrogens with zero attached hydrogens (tertiary/aromatic N) is 2. The first-order chi connectivity index (χ1) is 8.54. The van der Waals surface area contributed by atoms with Crippen LogP contribution in [-0.2, 0) is 0 Å². The third-order valence-electron chi connectivity index (χ3n) is 2.64. The predicted octanol–water partition coefficient (Wildman–Crippen LogP) is 3.12. The van der Waals surface area contributed by atoms with E-state index in [1.165, 1.54) is 0 Å². The summed E-state index contributed by atoms with van der Waals surface area (Å²) in [6, 6.07) is 4.59. The minimum absolute atomic E-state index is 0.268. The van der Waals surface area contributed by atoms with Gasteiger partial charge in [-0.05, 0) is 23.8 Å². The number of benzene rings is 1. The molecule has 94 valence electrons. The van der Waals surface area contributed by atoms with Gasteiger partial charge in [0.15, 0.2) is 0 Å². The number of carbonyl (C=O) groups excluding carboxylic acids is 1. The zero-order chi connectivity index (χ0) is 13.3. The average Bonchev–Trinajstić information content (AvgIpc) is 2.58. The van der Waals surface area contributed by atoms with Gasteiger partial charge in [-0.2, -0.15) is 4.99 Å². The van der Waals surface area contributed by atoms with E-state index in [9.17, 15) is 4.79 Å². The fourth-order valence-corrected chi connectivity index (χ4v) is 2.52. The second-order valence-corrected chi connectivity index (χ2v) is 5.12. The number of amides is 2. The van der Waals surface area contributed by atoms with Crippen molar-refractivity contribution in [1.82, 2.24) is 4.90 Å². The topological polar surface area (TPSA) is 58.7 Å². The largest absolute Gasteiger partial charge is 0.385 e. The number of hydrogen-bond acceptors (Lipinski definition) is 2. The van der Waals surface area contributed by atoms with Crippen LogP contribution in [0.2, 0.25) is 5.02 Å². The molecule has 1 unspecified atom stereocenters. The van der Waals surface area contributed by atoms with Crippen molar-refractivity contribution in [1.29, 1.82) is 0 Å². The molecule has 0 spiro atoms. The van der Waals surface area contributed by atoms with Crippen molar-refractivity contribution >= 4 is 39.4 Å². The number of nitrogens with two attached hydrogens (primary N) is 1. The van der Waals surface area contributed by atoms with Crippen molar-refractivity contribution in [2.45, 2.75) is 6.04 Å². The van der Waals surface area contributed by atoms with Crippen LogP contribution in [0.3, 0.4) is 0 Å². The summed E-state index contributed by atoms with van der Waals surface area (Å²) in [5.74, 6) is 0.268. The maximum atomic E-state index is 11.7. The fraction of sp³-hybridized carbons (Fsp3) is 0.167. The van der Waals surface area contributed by atoms with Gasteiger partial charge in [0.2, 0.25) is 0 Å². The highest BCUT2D eigenvalue weighted by molar-refractivity contribution is 9.10. The normalized spacial score (nSPS) is 19.0. The Morgan fingerprint density at radius 3 is 3.00 bits per heavy atom. The van der Waals surface area contributed by atoms with Crippen molar-refractivity contribution in [3.8, 4) is 0 Å². The van der Waals surface area contributed by atoms with Gasteiger partial charge in [-0.3, -0.25) is 0 Å². The molecule has 2 rings (SSSR count). The molecule has 0 saturated carbocycles. The summed E-state index contributed by atoms with van der Waals surface area (Å²) < 4.78 is 0.832. The molecule has 0 aliphatic carbocycles. The monoisotopic (exact) mass is 327 g/mol. The Labute approximate surface area is 118 Å². The van der Waals surface area contributed by atoms with Crippen molar-refractivity contribution < 1.29 is 4.79 Å². The molecule has 1 aliphatic rings. The van der Waals surface area contributed by atoms with Crippen LogP contribution >= 0.6 is 27.5 Å². The molecular formula is C12H11BrClN3O. The van der Waals surface area contributed by atoms with Crippen LogP contribution in [0.15, 0.2) is 40.3 Å². The van der Waals surface area contributed by atoms with E-state index in [1.54, 1.807) is 23.1 Å². The Morgan fingerprint density at radius 1 is 1.61 bits per heavy atom. The SMILES string of the molecule is C=CCN1C(=O)N=C(N)C1c1cc(Cl)ccc1Br. The second-order valence-electron chi connectivity index (χ2n) is 3.83. The summed E-state index contributed by atoms with van der Waals surface area (Å²) >= 11 is 9.41. The Balaban J connectivity index is 2.47. The van der Waals surface area contributed by atoms with Gasteiger partial charge < -0.3 is 10.6 Å². The second kappa shape index (κ2) is 5.12. The van der Waals surface area contributed by atoms with Crippen molar-refractivity contribution in [3.05, 3.63) is 45.9 Å². The fourth-order valence-electron chi connectivity index (χ4n) is 1.88. The van der Waals surface area contributed by atoms with Gasteiger partial charge in [0.25, 0.3) is 0 Å². The Kier molecular flexibility index (Phi) is 3.73. The molecule has 0 radical (unpaired) electrons. The Bertz CT molecular complexity index is 544. The van der Waals surface area contributed by atoms with Crippen LogP contribution in [0.4, 0.5) is 4.79 Å². The molecule has 6 heteroatoms. The minimum Gasteiger partial charge on any atom is -0.385 e. The van der Waals surface area contributed by atoms with Gasteiger partial charge in [-0.25, -0.2) is 4.79 Å². The van der Waals surface area contributed by atoms with Gasteiger partial charge >= 0.3 is 6.03 Å². The maximum absolute atomic E-state index is 11.7. The number of carbonyl (C=O) groups is 1. The molecule has 0 bridgehead atoms. The van der Waals surface area contributed by atoms with Gasteiger partial charge in [-0.1, -0.05) is 33.6 Å². The average molecular weight is 329 g/mol. The minimum atomic E-state index is -0.399. The first-order valence-electron chi connectivity index (χ1n) is 5.25. The zero-order valence-electron chi connectivity index (χ0n) is 9.44. The molecule has 1 atom stereocenters. The maximum Gasteiger partial charge on any atom is 0.346 e. The van der Waals surface area contributed by atoms with E-state index < -0.39 is 6.04 Å². The number of hydrogen-bond donors (Lipinski definition) is 1. The van der Waals surface area contributed by atoms with E-state index in [1.807, 2.05) is 6.07 Å². The summed E-state index contributed by atoms with van der Waals surface area (Å²) in [5, 5.41) is 0.582. The Hall–Kier alpha value is -1.33. The molecule has 0 fully saturated rings. The van der Waals surface area contributed by atoms with Gasteiger partial charge in [0.05, 0.1) is 0 Å². The van der Waals surface area contributed by atoms with Crippen LogP contribution in [0.5, 0.6) is 0 Å². The molecule has 1 aliphatic heterocycles. The lowest BCUT2D eigenvalue weighted by Gasteiger charge is -2.24. The highest BCUT2D eigenvalue weighted by Crippen LogP contribution is 2.33. The molecule has 2 N–H and O–H groups in total. The van der Waals surface area contributed by atoms with E-state index in [4.69, 9.17) is 17.3 Å².